The van der Waals surface area contributed by atoms with Crippen LogP contribution in [0, 0.1) is 5.41 Å². The van der Waals surface area contributed by atoms with Gasteiger partial charge in [0.15, 0.2) is 0 Å². The van der Waals surface area contributed by atoms with E-state index in [9.17, 15) is 5.11 Å². The van der Waals surface area contributed by atoms with Crippen molar-refractivity contribution in [1.82, 2.24) is 5.32 Å². The van der Waals surface area contributed by atoms with Crippen molar-refractivity contribution in [1.29, 1.82) is 0 Å². The Labute approximate surface area is 93.2 Å². The summed E-state index contributed by atoms with van der Waals surface area (Å²) in [5.41, 5.74) is 0.485. The summed E-state index contributed by atoms with van der Waals surface area (Å²) in [5.74, 6) is 0. The Balaban J connectivity index is 1.99. The first-order valence-corrected chi connectivity index (χ1v) is 6.02. The van der Waals surface area contributed by atoms with Gasteiger partial charge in [-0.05, 0) is 32.1 Å². The Kier molecular flexibility index (Phi) is 5.03. The lowest BCUT2D eigenvalue weighted by Gasteiger charge is -2.38. The third-order valence-corrected chi connectivity index (χ3v) is 3.11. The second kappa shape index (κ2) is 5.83. The minimum atomic E-state index is -0.379. The highest BCUT2D eigenvalue weighted by atomic mass is 16.5. The monoisotopic (exact) mass is 215 g/mol. The van der Waals surface area contributed by atoms with Gasteiger partial charge in [0.2, 0.25) is 0 Å². The molecule has 1 unspecified atom stereocenters. The van der Waals surface area contributed by atoms with E-state index in [0.717, 1.165) is 6.54 Å². The molecule has 1 aliphatic rings. The van der Waals surface area contributed by atoms with E-state index < -0.39 is 0 Å². The normalized spacial score (nSPS) is 21.4. The Hall–Kier alpha value is -0.120. The largest absolute Gasteiger partial charge is 0.389 e. The molecule has 1 atom stereocenters. The first-order chi connectivity index (χ1) is 7.02. The van der Waals surface area contributed by atoms with E-state index in [0.29, 0.717) is 18.6 Å². The third-order valence-electron chi connectivity index (χ3n) is 3.11. The van der Waals surface area contributed by atoms with Gasteiger partial charge in [-0.25, -0.2) is 0 Å². The fraction of sp³-hybridized carbons (Fsp3) is 1.00. The molecule has 0 spiro atoms. The lowest BCUT2D eigenvalue weighted by molar-refractivity contribution is 0.00461. The van der Waals surface area contributed by atoms with Crippen LogP contribution < -0.4 is 5.32 Å². The van der Waals surface area contributed by atoms with Gasteiger partial charge in [-0.3, -0.25) is 0 Å². The standard InChI is InChI=1S/C12H25NO2/c1-10(2)15-8-11(14)7-13-9-12(3)5-4-6-12/h10-11,13-14H,4-9H2,1-3H3. The van der Waals surface area contributed by atoms with Gasteiger partial charge in [0, 0.05) is 13.1 Å². The van der Waals surface area contributed by atoms with Crippen molar-refractivity contribution >= 4 is 0 Å². The summed E-state index contributed by atoms with van der Waals surface area (Å²) in [5, 5.41) is 12.9. The van der Waals surface area contributed by atoms with E-state index in [1.807, 2.05) is 13.8 Å². The molecule has 0 bridgehead atoms. The first kappa shape index (κ1) is 12.9. The molecule has 1 aliphatic carbocycles. The van der Waals surface area contributed by atoms with Crippen molar-refractivity contribution < 1.29 is 9.84 Å². The molecule has 0 aromatic heterocycles. The molecule has 2 N–H and O–H groups in total. The highest BCUT2D eigenvalue weighted by Crippen LogP contribution is 2.39. The van der Waals surface area contributed by atoms with Crippen LogP contribution in [0.25, 0.3) is 0 Å². The topological polar surface area (TPSA) is 41.5 Å². The lowest BCUT2D eigenvalue weighted by Crippen LogP contribution is -2.41. The second-order valence-corrected chi connectivity index (χ2v) is 5.33. The van der Waals surface area contributed by atoms with Crippen LogP contribution in [0.1, 0.15) is 40.0 Å². The van der Waals surface area contributed by atoms with Crippen molar-refractivity contribution in [2.45, 2.75) is 52.2 Å². The molecule has 0 aromatic carbocycles. The molecule has 0 heterocycles. The number of rotatable bonds is 7. The maximum Gasteiger partial charge on any atom is 0.0897 e. The highest BCUT2D eigenvalue weighted by molar-refractivity contribution is 4.85. The van der Waals surface area contributed by atoms with Gasteiger partial charge in [0.1, 0.15) is 0 Å². The second-order valence-electron chi connectivity index (χ2n) is 5.33. The number of aliphatic hydroxyl groups excluding tert-OH is 1. The first-order valence-electron chi connectivity index (χ1n) is 6.02. The quantitative estimate of drug-likeness (QED) is 0.677. The van der Waals surface area contributed by atoms with E-state index >= 15 is 0 Å². The fourth-order valence-corrected chi connectivity index (χ4v) is 1.86. The molecule has 1 rings (SSSR count). The van der Waals surface area contributed by atoms with Crippen LogP contribution in [-0.4, -0.2) is 37.0 Å². The van der Waals surface area contributed by atoms with Gasteiger partial charge in [-0.15, -0.1) is 0 Å². The molecule has 3 heteroatoms. The molecule has 1 fully saturated rings. The maximum atomic E-state index is 9.60. The number of nitrogens with one attached hydrogen (secondary N) is 1. The van der Waals surface area contributed by atoms with Crippen molar-refractivity contribution in [2.24, 2.45) is 5.41 Å². The van der Waals surface area contributed by atoms with E-state index in [1.54, 1.807) is 0 Å². The average Bonchev–Trinajstić information content (AvgIpc) is 2.12. The summed E-state index contributed by atoms with van der Waals surface area (Å²) in [7, 11) is 0. The molecular formula is C12H25NO2. The smallest absolute Gasteiger partial charge is 0.0897 e. The van der Waals surface area contributed by atoms with Gasteiger partial charge in [-0.1, -0.05) is 13.3 Å². The van der Waals surface area contributed by atoms with Crippen LogP contribution in [0.3, 0.4) is 0 Å². The van der Waals surface area contributed by atoms with Crippen LogP contribution in [-0.2, 0) is 4.74 Å². The summed E-state index contributed by atoms with van der Waals surface area (Å²) >= 11 is 0. The Morgan fingerprint density at radius 2 is 2.07 bits per heavy atom. The number of ether oxygens (including phenoxy) is 1. The van der Waals surface area contributed by atoms with Crippen LogP contribution >= 0.6 is 0 Å². The molecule has 0 aromatic rings. The average molecular weight is 215 g/mol. The number of hydrogen-bond acceptors (Lipinski definition) is 3. The van der Waals surface area contributed by atoms with Crippen LogP contribution in [0.15, 0.2) is 0 Å². The molecule has 0 amide bonds. The van der Waals surface area contributed by atoms with Gasteiger partial charge in [0.25, 0.3) is 0 Å². The molecule has 90 valence electrons. The van der Waals surface area contributed by atoms with Crippen molar-refractivity contribution in [3.05, 3.63) is 0 Å². The van der Waals surface area contributed by atoms with Gasteiger partial charge in [-0.2, -0.15) is 0 Å². The third kappa shape index (κ3) is 4.96. The molecule has 15 heavy (non-hydrogen) atoms. The van der Waals surface area contributed by atoms with Crippen LogP contribution in [0.4, 0.5) is 0 Å². The van der Waals surface area contributed by atoms with Crippen LogP contribution in [0.2, 0.25) is 0 Å². The predicted octanol–water partition coefficient (Wildman–Crippen LogP) is 1.55. The summed E-state index contributed by atoms with van der Waals surface area (Å²) < 4.78 is 5.34. The van der Waals surface area contributed by atoms with Gasteiger partial charge < -0.3 is 15.2 Å². The zero-order valence-corrected chi connectivity index (χ0v) is 10.3. The summed E-state index contributed by atoms with van der Waals surface area (Å²) in [4.78, 5) is 0. The summed E-state index contributed by atoms with van der Waals surface area (Å²) in [6.45, 7) is 8.36. The predicted molar refractivity (Wildman–Crippen MR) is 61.9 cm³/mol. The number of aliphatic hydroxyl groups is 1. The summed E-state index contributed by atoms with van der Waals surface area (Å²) in [6.07, 6.45) is 3.81. The van der Waals surface area contributed by atoms with Crippen LogP contribution in [0.5, 0.6) is 0 Å². The Morgan fingerprint density at radius 1 is 1.40 bits per heavy atom. The number of hydrogen-bond donors (Lipinski definition) is 2. The zero-order valence-electron chi connectivity index (χ0n) is 10.3. The highest BCUT2D eigenvalue weighted by Gasteiger charge is 2.31. The SMILES string of the molecule is CC(C)OCC(O)CNCC1(C)CCC1. The lowest BCUT2D eigenvalue weighted by atomic mass is 9.70. The van der Waals surface area contributed by atoms with E-state index in [-0.39, 0.29) is 12.2 Å². The maximum absolute atomic E-state index is 9.60. The Morgan fingerprint density at radius 3 is 2.53 bits per heavy atom. The van der Waals surface area contributed by atoms with E-state index in [2.05, 4.69) is 12.2 Å². The molecule has 0 aliphatic heterocycles. The van der Waals surface area contributed by atoms with Gasteiger partial charge in [0.05, 0.1) is 18.8 Å². The fourth-order valence-electron chi connectivity index (χ4n) is 1.86. The van der Waals surface area contributed by atoms with Crippen molar-refractivity contribution in [3.63, 3.8) is 0 Å². The minimum absolute atomic E-state index is 0.198. The zero-order chi connectivity index (χ0) is 11.3. The molecule has 0 saturated heterocycles. The van der Waals surface area contributed by atoms with E-state index in [1.165, 1.54) is 19.3 Å². The van der Waals surface area contributed by atoms with Crippen molar-refractivity contribution in [3.8, 4) is 0 Å². The molecular weight excluding hydrogens is 190 g/mol. The molecule has 3 nitrogen and oxygen atoms in total. The van der Waals surface area contributed by atoms with E-state index in [4.69, 9.17) is 4.74 Å². The summed E-state index contributed by atoms with van der Waals surface area (Å²) in [6, 6.07) is 0. The van der Waals surface area contributed by atoms with Gasteiger partial charge >= 0.3 is 0 Å². The molecule has 1 saturated carbocycles. The van der Waals surface area contributed by atoms with Crippen molar-refractivity contribution in [2.75, 3.05) is 19.7 Å². The molecule has 0 radical (unpaired) electrons. The minimum Gasteiger partial charge on any atom is -0.389 e. The Bertz CT molecular complexity index is 178.